The predicted octanol–water partition coefficient (Wildman–Crippen LogP) is 1.75. The highest BCUT2D eigenvalue weighted by Gasteiger charge is 2.26. The molecule has 0 aromatic carbocycles. The number of nitrogens with zero attached hydrogens (tertiary/aromatic N) is 1. The van der Waals surface area contributed by atoms with Crippen molar-refractivity contribution in [2.45, 2.75) is 46.6 Å². The van der Waals surface area contributed by atoms with Crippen molar-refractivity contribution in [2.75, 3.05) is 13.1 Å². The van der Waals surface area contributed by atoms with Crippen LogP contribution >= 0.6 is 0 Å². The molecule has 0 spiro atoms. The summed E-state index contributed by atoms with van der Waals surface area (Å²) < 4.78 is 0. The number of hydrogen-bond donors (Lipinski definition) is 2. The monoisotopic (exact) mass is 197 g/mol. The smallest absolute Gasteiger partial charge is 0.191 e. The number of guanidine groups is 1. The van der Waals surface area contributed by atoms with Crippen LogP contribution in [0.3, 0.4) is 0 Å². The summed E-state index contributed by atoms with van der Waals surface area (Å²) in [6.45, 7) is 13.1. The molecule has 0 saturated heterocycles. The van der Waals surface area contributed by atoms with Gasteiger partial charge in [0.1, 0.15) is 0 Å². The van der Waals surface area contributed by atoms with Gasteiger partial charge >= 0.3 is 0 Å². The van der Waals surface area contributed by atoms with Crippen LogP contribution < -0.4 is 10.6 Å². The van der Waals surface area contributed by atoms with Gasteiger partial charge in [0.25, 0.3) is 0 Å². The van der Waals surface area contributed by atoms with Gasteiger partial charge in [-0.3, -0.25) is 4.99 Å². The van der Waals surface area contributed by atoms with Gasteiger partial charge in [-0.1, -0.05) is 20.8 Å². The van der Waals surface area contributed by atoms with E-state index in [-0.39, 0.29) is 5.54 Å². The molecule has 0 aliphatic carbocycles. The fraction of sp³-hybridized carbons (Fsp3) is 0.909. The molecule has 2 N–H and O–H groups in total. The van der Waals surface area contributed by atoms with Gasteiger partial charge < -0.3 is 10.6 Å². The third kappa shape index (κ3) is 3.99. The molecule has 0 amide bonds. The summed E-state index contributed by atoms with van der Waals surface area (Å²) in [6.07, 6.45) is 1.13. The van der Waals surface area contributed by atoms with Crippen LogP contribution in [0, 0.1) is 5.41 Å². The van der Waals surface area contributed by atoms with Crippen molar-refractivity contribution in [1.82, 2.24) is 10.6 Å². The minimum absolute atomic E-state index is 0.106. The van der Waals surface area contributed by atoms with Gasteiger partial charge in [-0.25, -0.2) is 0 Å². The highest BCUT2D eigenvalue weighted by molar-refractivity contribution is 5.81. The average molecular weight is 197 g/mol. The van der Waals surface area contributed by atoms with Crippen LogP contribution in [0.2, 0.25) is 0 Å². The Balaban J connectivity index is 2.48. The molecular formula is C11H23N3. The third-order valence-electron chi connectivity index (χ3n) is 2.10. The molecular weight excluding hydrogens is 174 g/mol. The van der Waals surface area contributed by atoms with Gasteiger partial charge in [0.2, 0.25) is 0 Å². The highest BCUT2D eigenvalue weighted by Crippen LogP contribution is 2.26. The van der Waals surface area contributed by atoms with Gasteiger partial charge in [-0.15, -0.1) is 0 Å². The summed E-state index contributed by atoms with van der Waals surface area (Å²) in [4.78, 5) is 4.35. The quantitative estimate of drug-likeness (QED) is 0.707. The molecule has 1 heterocycles. The zero-order valence-electron chi connectivity index (χ0n) is 10.1. The lowest BCUT2D eigenvalue weighted by molar-refractivity contribution is 0.266. The first-order valence-corrected chi connectivity index (χ1v) is 5.35. The maximum absolute atomic E-state index is 4.35. The summed E-state index contributed by atoms with van der Waals surface area (Å²) in [6, 6.07) is 0. The van der Waals surface area contributed by atoms with E-state index in [0.29, 0.717) is 5.41 Å². The molecule has 1 aliphatic rings. The highest BCUT2D eigenvalue weighted by atomic mass is 15.2. The van der Waals surface area contributed by atoms with Crippen molar-refractivity contribution in [2.24, 2.45) is 10.4 Å². The van der Waals surface area contributed by atoms with Crippen LogP contribution in [0.15, 0.2) is 4.99 Å². The summed E-state index contributed by atoms with van der Waals surface area (Å²) in [5, 5.41) is 6.69. The van der Waals surface area contributed by atoms with E-state index < -0.39 is 0 Å². The van der Waals surface area contributed by atoms with E-state index >= 15 is 0 Å². The van der Waals surface area contributed by atoms with Gasteiger partial charge in [0.05, 0.1) is 6.54 Å². The van der Waals surface area contributed by atoms with Gasteiger partial charge in [0, 0.05) is 12.1 Å². The van der Waals surface area contributed by atoms with Crippen LogP contribution in [-0.4, -0.2) is 24.6 Å². The second kappa shape index (κ2) is 3.79. The number of nitrogens with one attached hydrogen (secondary N) is 2. The maximum atomic E-state index is 4.35. The van der Waals surface area contributed by atoms with Crippen molar-refractivity contribution in [3.8, 4) is 0 Å². The zero-order valence-corrected chi connectivity index (χ0v) is 10.1. The molecule has 0 radical (unpaired) electrons. The van der Waals surface area contributed by atoms with Gasteiger partial charge in [-0.2, -0.15) is 0 Å². The Kier molecular flexibility index (Phi) is 3.07. The van der Waals surface area contributed by atoms with Crippen LogP contribution in [-0.2, 0) is 0 Å². The normalized spacial score (nSPS) is 17.6. The molecule has 0 saturated carbocycles. The molecule has 14 heavy (non-hydrogen) atoms. The molecule has 0 fully saturated rings. The van der Waals surface area contributed by atoms with Crippen molar-refractivity contribution in [1.29, 1.82) is 0 Å². The molecule has 0 aromatic heterocycles. The Morgan fingerprint density at radius 2 is 1.93 bits per heavy atom. The van der Waals surface area contributed by atoms with Crippen molar-refractivity contribution in [3.63, 3.8) is 0 Å². The molecule has 82 valence electrons. The fourth-order valence-corrected chi connectivity index (χ4v) is 2.17. The first-order chi connectivity index (χ1) is 6.29. The zero-order chi connectivity index (χ0) is 10.8. The summed E-state index contributed by atoms with van der Waals surface area (Å²) in [5.41, 5.74) is 0.448. The third-order valence-corrected chi connectivity index (χ3v) is 2.10. The Morgan fingerprint density at radius 1 is 1.29 bits per heavy atom. The molecule has 0 unspecified atom stereocenters. The molecule has 0 atom stereocenters. The number of hydrogen-bond acceptors (Lipinski definition) is 3. The minimum Gasteiger partial charge on any atom is -0.355 e. The molecule has 1 aliphatic heterocycles. The van der Waals surface area contributed by atoms with E-state index in [4.69, 9.17) is 0 Å². The van der Waals surface area contributed by atoms with E-state index in [2.05, 4.69) is 50.2 Å². The second-order valence-corrected chi connectivity index (χ2v) is 5.90. The second-order valence-electron chi connectivity index (χ2n) is 5.90. The SMILES string of the molecule is CC(C)(C)CC(C)(C)NC1=NCCN1. The minimum atomic E-state index is 0.106. The van der Waals surface area contributed by atoms with E-state index in [1.54, 1.807) is 0 Å². The number of aliphatic imine (C=N–C) groups is 1. The maximum Gasteiger partial charge on any atom is 0.191 e. The van der Waals surface area contributed by atoms with Gasteiger partial charge in [0.15, 0.2) is 5.96 Å². The summed E-state index contributed by atoms with van der Waals surface area (Å²) in [5.74, 6) is 0.958. The number of rotatable bonds is 2. The van der Waals surface area contributed by atoms with Crippen molar-refractivity contribution >= 4 is 5.96 Å². The fourth-order valence-electron chi connectivity index (χ4n) is 2.17. The standard InChI is InChI=1S/C11H23N3/c1-10(2,3)8-11(4,5)14-9-12-6-7-13-9/h6-8H2,1-5H3,(H2,12,13,14). The summed E-state index contributed by atoms with van der Waals surface area (Å²) >= 11 is 0. The first kappa shape index (κ1) is 11.3. The van der Waals surface area contributed by atoms with Crippen LogP contribution in [0.5, 0.6) is 0 Å². The van der Waals surface area contributed by atoms with Crippen molar-refractivity contribution in [3.05, 3.63) is 0 Å². The van der Waals surface area contributed by atoms with Crippen LogP contribution in [0.1, 0.15) is 41.0 Å². The average Bonchev–Trinajstić information content (AvgIpc) is 2.31. The van der Waals surface area contributed by atoms with E-state index in [1.807, 2.05) is 0 Å². The lowest BCUT2D eigenvalue weighted by atomic mass is 9.82. The molecule has 1 rings (SSSR count). The first-order valence-electron chi connectivity index (χ1n) is 5.35. The van der Waals surface area contributed by atoms with Crippen LogP contribution in [0.4, 0.5) is 0 Å². The Labute approximate surface area is 87.4 Å². The predicted molar refractivity (Wildman–Crippen MR) is 61.6 cm³/mol. The van der Waals surface area contributed by atoms with Crippen LogP contribution in [0.25, 0.3) is 0 Å². The van der Waals surface area contributed by atoms with E-state index in [9.17, 15) is 0 Å². The Hall–Kier alpha value is -0.730. The molecule has 0 bridgehead atoms. The van der Waals surface area contributed by atoms with Gasteiger partial charge in [-0.05, 0) is 25.7 Å². The Morgan fingerprint density at radius 3 is 2.36 bits per heavy atom. The lowest BCUT2D eigenvalue weighted by Crippen LogP contribution is -2.49. The summed E-state index contributed by atoms with van der Waals surface area (Å²) in [7, 11) is 0. The molecule has 3 nitrogen and oxygen atoms in total. The molecule has 3 heteroatoms. The Bertz CT molecular complexity index is 223. The topological polar surface area (TPSA) is 36.4 Å². The van der Waals surface area contributed by atoms with E-state index in [1.165, 1.54) is 0 Å². The lowest BCUT2D eigenvalue weighted by Gasteiger charge is -2.33. The van der Waals surface area contributed by atoms with E-state index in [0.717, 1.165) is 25.5 Å². The largest absolute Gasteiger partial charge is 0.355 e. The molecule has 0 aromatic rings. The van der Waals surface area contributed by atoms with Crippen molar-refractivity contribution < 1.29 is 0 Å².